The first-order valence-corrected chi connectivity index (χ1v) is 9.29. The third-order valence-electron chi connectivity index (χ3n) is 4.01. The second kappa shape index (κ2) is 8.45. The monoisotopic (exact) mass is 364 g/mol. The van der Waals surface area contributed by atoms with Crippen LogP contribution in [0.15, 0.2) is 72.1 Å². The fraction of sp³-hybridized carbons (Fsp3) is 0.143. The van der Waals surface area contributed by atoms with Crippen LogP contribution in [-0.2, 0) is 4.79 Å². The third-order valence-corrected chi connectivity index (χ3v) is 4.88. The highest BCUT2D eigenvalue weighted by atomic mass is 32.1. The molecule has 0 aliphatic heterocycles. The molecule has 0 aliphatic carbocycles. The molecule has 0 saturated carbocycles. The summed E-state index contributed by atoms with van der Waals surface area (Å²) in [7, 11) is 0. The summed E-state index contributed by atoms with van der Waals surface area (Å²) in [6, 6.07) is 20.8. The SMILES string of the molecule is CC(CC(=O)Nc1cccc(NC(=O)c2cccs2)c1)c1ccccc1. The maximum absolute atomic E-state index is 12.3. The minimum Gasteiger partial charge on any atom is -0.326 e. The van der Waals surface area contributed by atoms with E-state index in [-0.39, 0.29) is 17.7 Å². The number of nitrogens with one attached hydrogen (secondary N) is 2. The fourth-order valence-corrected chi connectivity index (χ4v) is 3.28. The molecule has 2 aromatic carbocycles. The van der Waals surface area contributed by atoms with Gasteiger partial charge in [-0.25, -0.2) is 0 Å². The van der Waals surface area contributed by atoms with Crippen molar-refractivity contribution in [2.24, 2.45) is 0 Å². The molecule has 1 aromatic heterocycles. The smallest absolute Gasteiger partial charge is 0.265 e. The van der Waals surface area contributed by atoms with E-state index >= 15 is 0 Å². The van der Waals surface area contributed by atoms with Crippen LogP contribution >= 0.6 is 11.3 Å². The number of hydrogen-bond donors (Lipinski definition) is 2. The maximum atomic E-state index is 12.3. The summed E-state index contributed by atoms with van der Waals surface area (Å²) in [5, 5.41) is 7.61. The lowest BCUT2D eigenvalue weighted by atomic mass is 9.97. The first kappa shape index (κ1) is 17.9. The lowest BCUT2D eigenvalue weighted by molar-refractivity contribution is -0.116. The van der Waals surface area contributed by atoms with Crippen LogP contribution < -0.4 is 10.6 Å². The van der Waals surface area contributed by atoms with Crippen molar-refractivity contribution in [2.45, 2.75) is 19.3 Å². The highest BCUT2D eigenvalue weighted by Crippen LogP contribution is 2.21. The summed E-state index contributed by atoms with van der Waals surface area (Å²) in [5.41, 5.74) is 2.45. The van der Waals surface area contributed by atoms with E-state index in [9.17, 15) is 9.59 Å². The van der Waals surface area contributed by atoms with Crippen molar-refractivity contribution in [3.63, 3.8) is 0 Å². The molecule has 4 nitrogen and oxygen atoms in total. The van der Waals surface area contributed by atoms with E-state index in [1.165, 1.54) is 11.3 Å². The molecular formula is C21H20N2O2S. The number of carbonyl (C=O) groups excluding carboxylic acids is 2. The van der Waals surface area contributed by atoms with Gasteiger partial charge in [-0.2, -0.15) is 0 Å². The van der Waals surface area contributed by atoms with E-state index in [2.05, 4.69) is 10.6 Å². The molecule has 0 aliphatic rings. The molecular weight excluding hydrogens is 344 g/mol. The molecule has 1 heterocycles. The van der Waals surface area contributed by atoms with E-state index in [4.69, 9.17) is 0 Å². The first-order valence-electron chi connectivity index (χ1n) is 8.41. The molecule has 2 N–H and O–H groups in total. The standard InChI is InChI=1S/C21H20N2O2S/c1-15(16-7-3-2-4-8-16)13-20(24)22-17-9-5-10-18(14-17)23-21(25)19-11-6-12-26-19/h2-12,14-15H,13H2,1H3,(H,22,24)(H,23,25). The van der Waals surface area contributed by atoms with Gasteiger partial charge in [-0.1, -0.05) is 49.4 Å². The Labute approximate surface area is 156 Å². The molecule has 3 aromatic rings. The summed E-state index contributed by atoms with van der Waals surface area (Å²) in [6.45, 7) is 2.03. The largest absolute Gasteiger partial charge is 0.326 e. The fourth-order valence-electron chi connectivity index (χ4n) is 2.66. The lowest BCUT2D eigenvalue weighted by Crippen LogP contribution is -2.15. The first-order chi connectivity index (χ1) is 12.6. The Kier molecular flexibility index (Phi) is 5.81. The molecule has 0 bridgehead atoms. The van der Waals surface area contributed by atoms with Gasteiger partial charge in [0.2, 0.25) is 5.91 Å². The van der Waals surface area contributed by atoms with E-state index in [0.717, 1.165) is 5.56 Å². The second-order valence-corrected chi connectivity index (χ2v) is 7.02. The molecule has 0 fully saturated rings. The van der Waals surface area contributed by atoms with Crippen LogP contribution in [0.4, 0.5) is 11.4 Å². The molecule has 26 heavy (non-hydrogen) atoms. The van der Waals surface area contributed by atoms with Gasteiger partial charge in [0.15, 0.2) is 0 Å². The van der Waals surface area contributed by atoms with Gasteiger partial charge in [0, 0.05) is 17.8 Å². The Bertz CT molecular complexity index is 876. The number of amides is 2. The maximum Gasteiger partial charge on any atom is 0.265 e. The van der Waals surface area contributed by atoms with Gasteiger partial charge >= 0.3 is 0 Å². The topological polar surface area (TPSA) is 58.2 Å². The van der Waals surface area contributed by atoms with Crippen molar-refractivity contribution in [2.75, 3.05) is 10.6 Å². The molecule has 1 atom stereocenters. The van der Waals surface area contributed by atoms with Gasteiger partial charge in [0.05, 0.1) is 4.88 Å². The number of carbonyl (C=O) groups is 2. The number of thiophene rings is 1. The summed E-state index contributed by atoms with van der Waals surface area (Å²) < 4.78 is 0. The van der Waals surface area contributed by atoms with Crippen LogP contribution in [0.3, 0.4) is 0 Å². The molecule has 0 radical (unpaired) electrons. The molecule has 2 amide bonds. The van der Waals surface area contributed by atoms with Gasteiger partial charge in [0.1, 0.15) is 0 Å². The summed E-state index contributed by atoms with van der Waals surface area (Å²) >= 11 is 1.39. The van der Waals surface area contributed by atoms with Crippen LogP contribution in [0.2, 0.25) is 0 Å². The average Bonchev–Trinajstić information content (AvgIpc) is 3.17. The van der Waals surface area contributed by atoms with Crippen LogP contribution in [0.25, 0.3) is 0 Å². The molecule has 0 saturated heterocycles. The average molecular weight is 364 g/mol. The zero-order chi connectivity index (χ0) is 18.4. The van der Waals surface area contributed by atoms with Crippen molar-refractivity contribution in [3.05, 3.63) is 82.6 Å². The molecule has 132 valence electrons. The van der Waals surface area contributed by atoms with Gasteiger partial charge in [-0.05, 0) is 41.1 Å². The Morgan fingerprint density at radius 1 is 0.923 bits per heavy atom. The van der Waals surface area contributed by atoms with Gasteiger partial charge < -0.3 is 10.6 Å². The van der Waals surface area contributed by atoms with Crippen LogP contribution in [0.1, 0.15) is 34.5 Å². The molecule has 0 spiro atoms. The summed E-state index contributed by atoms with van der Waals surface area (Å²) in [6.07, 6.45) is 0.399. The van der Waals surface area contributed by atoms with Gasteiger partial charge in [-0.15, -0.1) is 11.3 Å². The van der Waals surface area contributed by atoms with Gasteiger partial charge in [-0.3, -0.25) is 9.59 Å². The van der Waals surface area contributed by atoms with Crippen molar-refractivity contribution in [1.29, 1.82) is 0 Å². The molecule has 5 heteroatoms. The molecule has 3 rings (SSSR count). The zero-order valence-corrected chi connectivity index (χ0v) is 15.3. The van der Waals surface area contributed by atoms with Crippen LogP contribution in [0, 0.1) is 0 Å². The lowest BCUT2D eigenvalue weighted by Gasteiger charge is -2.13. The Morgan fingerprint density at radius 2 is 1.65 bits per heavy atom. The van der Waals surface area contributed by atoms with Crippen LogP contribution in [0.5, 0.6) is 0 Å². The molecule has 1 unspecified atom stereocenters. The predicted octanol–water partition coefficient (Wildman–Crippen LogP) is 5.13. The third kappa shape index (κ3) is 4.80. The number of anilines is 2. The van der Waals surface area contributed by atoms with Crippen molar-refractivity contribution in [3.8, 4) is 0 Å². The van der Waals surface area contributed by atoms with E-state index in [0.29, 0.717) is 22.7 Å². The predicted molar refractivity (Wildman–Crippen MR) is 107 cm³/mol. The minimum absolute atomic E-state index is 0.0527. The Morgan fingerprint density at radius 3 is 2.35 bits per heavy atom. The summed E-state index contributed by atoms with van der Waals surface area (Å²) in [5.74, 6) is -0.0674. The Balaban J connectivity index is 1.59. The number of rotatable bonds is 6. The van der Waals surface area contributed by atoms with Crippen molar-refractivity contribution < 1.29 is 9.59 Å². The zero-order valence-electron chi connectivity index (χ0n) is 14.4. The normalized spacial score (nSPS) is 11.6. The minimum atomic E-state index is -0.152. The van der Waals surface area contributed by atoms with E-state index in [1.54, 1.807) is 24.3 Å². The van der Waals surface area contributed by atoms with E-state index < -0.39 is 0 Å². The highest BCUT2D eigenvalue weighted by Gasteiger charge is 2.12. The van der Waals surface area contributed by atoms with Crippen molar-refractivity contribution >= 4 is 34.5 Å². The van der Waals surface area contributed by atoms with Crippen LogP contribution in [-0.4, -0.2) is 11.8 Å². The van der Waals surface area contributed by atoms with Gasteiger partial charge in [0.25, 0.3) is 5.91 Å². The highest BCUT2D eigenvalue weighted by molar-refractivity contribution is 7.12. The quantitative estimate of drug-likeness (QED) is 0.637. The number of hydrogen-bond acceptors (Lipinski definition) is 3. The Hall–Kier alpha value is -2.92. The second-order valence-electron chi connectivity index (χ2n) is 6.08. The van der Waals surface area contributed by atoms with E-state index in [1.807, 2.05) is 54.8 Å². The van der Waals surface area contributed by atoms with Crippen molar-refractivity contribution in [1.82, 2.24) is 0 Å². The summed E-state index contributed by atoms with van der Waals surface area (Å²) in [4.78, 5) is 25.1. The number of benzene rings is 2.